The molecule has 0 heterocycles. The molecule has 0 saturated carbocycles. The van der Waals surface area contributed by atoms with E-state index in [4.69, 9.17) is 9.84 Å². The third-order valence-corrected chi connectivity index (χ3v) is 6.40. The van der Waals surface area contributed by atoms with Gasteiger partial charge < -0.3 is 9.84 Å². The molecule has 0 bridgehead atoms. The number of ether oxygens (including phenoxy) is 1. The van der Waals surface area contributed by atoms with E-state index in [0.29, 0.717) is 6.61 Å². The predicted molar refractivity (Wildman–Crippen MR) is 151 cm³/mol. The predicted octanol–water partition coefficient (Wildman–Crippen LogP) is 8.41. The molecule has 4 aromatic carbocycles. The fourth-order valence-electron chi connectivity index (χ4n) is 4.55. The first-order chi connectivity index (χ1) is 17.9. The van der Waals surface area contributed by atoms with Crippen LogP contribution in [0.1, 0.15) is 60.8 Å². The van der Waals surface area contributed by atoms with Gasteiger partial charge in [0, 0.05) is 6.61 Å². The van der Waals surface area contributed by atoms with Crippen molar-refractivity contribution in [1.82, 2.24) is 0 Å². The molecule has 0 amide bonds. The van der Waals surface area contributed by atoms with Gasteiger partial charge in [-0.15, -0.1) is 0 Å². The van der Waals surface area contributed by atoms with Crippen molar-refractivity contribution in [3.05, 3.63) is 138 Å². The number of hydrogen-bond donors (Lipinski definition) is 1. The van der Waals surface area contributed by atoms with E-state index < -0.39 is 0 Å². The van der Waals surface area contributed by atoms with Crippen LogP contribution in [0.2, 0.25) is 0 Å². The van der Waals surface area contributed by atoms with Gasteiger partial charge >= 0.3 is 0 Å². The molecule has 36 heavy (non-hydrogen) atoms. The zero-order valence-corrected chi connectivity index (χ0v) is 21.0. The van der Waals surface area contributed by atoms with Gasteiger partial charge in [0.25, 0.3) is 0 Å². The van der Waals surface area contributed by atoms with Crippen LogP contribution in [0.25, 0.3) is 11.1 Å². The van der Waals surface area contributed by atoms with E-state index in [1.54, 1.807) is 0 Å². The van der Waals surface area contributed by atoms with Crippen molar-refractivity contribution in [3.63, 3.8) is 0 Å². The molecule has 184 valence electrons. The highest BCUT2D eigenvalue weighted by Gasteiger charge is 2.16. The summed E-state index contributed by atoms with van der Waals surface area (Å²) in [6.07, 6.45) is 6.65. The van der Waals surface area contributed by atoms with Crippen LogP contribution in [-0.4, -0.2) is 18.3 Å². The minimum Gasteiger partial charge on any atom is -0.494 e. The Morgan fingerprint density at radius 3 is 1.28 bits per heavy atom. The van der Waals surface area contributed by atoms with Gasteiger partial charge in [-0.2, -0.15) is 0 Å². The molecule has 1 N–H and O–H groups in total. The standard InChI is InChI=1S/C34H36O2/c35-26-14-3-1-2-4-15-27-36-32-24-22-31(23-25-32)34(30-20-12-7-13-21-30)33(28-16-8-5-9-17-28)29-18-10-6-11-19-29/h5-13,16-25,35H,1-4,14-15,26-27H2. The van der Waals surface area contributed by atoms with Crippen molar-refractivity contribution in [2.75, 3.05) is 13.2 Å². The lowest BCUT2D eigenvalue weighted by atomic mass is 9.86. The summed E-state index contributed by atoms with van der Waals surface area (Å²) in [5, 5.41) is 8.88. The lowest BCUT2D eigenvalue weighted by molar-refractivity contribution is 0.280. The highest BCUT2D eigenvalue weighted by Crippen LogP contribution is 2.37. The third kappa shape index (κ3) is 7.19. The average Bonchev–Trinajstić information content (AvgIpc) is 2.95. The Kier molecular flexibility index (Phi) is 9.95. The Labute approximate surface area is 215 Å². The first kappa shape index (κ1) is 25.5. The van der Waals surface area contributed by atoms with Gasteiger partial charge in [0.05, 0.1) is 6.61 Å². The summed E-state index contributed by atoms with van der Waals surface area (Å²) >= 11 is 0. The van der Waals surface area contributed by atoms with Crippen molar-refractivity contribution in [1.29, 1.82) is 0 Å². The Balaban J connectivity index is 1.59. The Morgan fingerprint density at radius 2 is 0.833 bits per heavy atom. The quantitative estimate of drug-likeness (QED) is 0.155. The second-order valence-corrected chi connectivity index (χ2v) is 9.07. The second-order valence-electron chi connectivity index (χ2n) is 9.07. The smallest absolute Gasteiger partial charge is 0.119 e. The van der Waals surface area contributed by atoms with Gasteiger partial charge in [-0.05, 0) is 58.4 Å². The van der Waals surface area contributed by atoms with Crippen LogP contribution < -0.4 is 4.74 Å². The number of rotatable bonds is 13. The molecule has 4 rings (SSSR count). The van der Waals surface area contributed by atoms with Crippen LogP contribution in [0.5, 0.6) is 5.75 Å². The van der Waals surface area contributed by atoms with Crippen LogP contribution in [0.15, 0.2) is 115 Å². The molecule has 2 heteroatoms. The Bertz CT molecular complexity index is 1140. The summed E-state index contributed by atoms with van der Waals surface area (Å²) in [5.74, 6) is 0.910. The highest BCUT2D eigenvalue weighted by atomic mass is 16.5. The molecule has 4 aromatic rings. The molecule has 0 spiro atoms. The topological polar surface area (TPSA) is 29.5 Å². The lowest BCUT2D eigenvalue weighted by Gasteiger charge is -2.18. The molecule has 0 radical (unpaired) electrons. The summed E-state index contributed by atoms with van der Waals surface area (Å²) in [6, 6.07) is 40.5. The maximum absolute atomic E-state index is 8.88. The number of benzene rings is 4. The molecule has 0 aliphatic rings. The van der Waals surface area contributed by atoms with Gasteiger partial charge in [-0.3, -0.25) is 0 Å². The maximum Gasteiger partial charge on any atom is 0.119 e. The number of aliphatic hydroxyl groups is 1. The Morgan fingerprint density at radius 1 is 0.444 bits per heavy atom. The van der Waals surface area contributed by atoms with Crippen LogP contribution in [0, 0.1) is 0 Å². The molecule has 0 aliphatic carbocycles. The van der Waals surface area contributed by atoms with Crippen molar-refractivity contribution in [3.8, 4) is 5.75 Å². The fourth-order valence-corrected chi connectivity index (χ4v) is 4.55. The summed E-state index contributed by atoms with van der Waals surface area (Å²) in [6.45, 7) is 1.04. The Hall–Kier alpha value is -3.62. The van der Waals surface area contributed by atoms with Crippen molar-refractivity contribution >= 4 is 11.1 Å². The zero-order chi connectivity index (χ0) is 24.8. The highest BCUT2D eigenvalue weighted by molar-refractivity contribution is 6.04. The molecule has 0 unspecified atom stereocenters. The maximum atomic E-state index is 8.88. The number of unbranched alkanes of at least 4 members (excludes halogenated alkanes) is 5. The fraction of sp³-hybridized carbons (Fsp3) is 0.235. The first-order valence-electron chi connectivity index (χ1n) is 13.1. The molecular formula is C34H36O2. The second kappa shape index (κ2) is 14.1. The summed E-state index contributed by atoms with van der Waals surface area (Å²) in [4.78, 5) is 0. The van der Waals surface area contributed by atoms with E-state index in [0.717, 1.165) is 31.6 Å². The van der Waals surface area contributed by atoms with Crippen LogP contribution in [0.3, 0.4) is 0 Å². The van der Waals surface area contributed by atoms with Gasteiger partial charge in [-0.25, -0.2) is 0 Å². The summed E-state index contributed by atoms with van der Waals surface area (Å²) in [7, 11) is 0. The molecular weight excluding hydrogens is 440 g/mol. The SMILES string of the molecule is OCCCCCCCCOc1ccc(C(=C(c2ccccc2)c2ccccc2)c2ccccc2)cc1. The molecule has 0 saturated heterocycles. The molecule has 0 aromatic heterocycles. The monoisotopic (exact) mass is 476 g/mol. The minimum absolute atomic E-state index is 0.304. The molecule has 0 atom stereocenters. The van der Waals surface area contributed by atoms with Crippen molar-refractivity contribution in [2.24, 2.45) is 0 Å². The average molecular weight is 477 g/mol. The van der Waals surface area contributed by atoms with E-state index >= 15 is 0 Å². The van der Waals surface area contributed by atoms with Crippen LogP contribution >= 0.6 is 0 Å². The molecule has 0 fully saturated rings. The van der Waals surface area contributed by atoms with Crippen LogP contribution in [0.4, 0.5) is 0 Å². The molecule has 0 aliphatic heterocycles. The third-order valence-electron chi connectivity index (χ3n) is 6.40. The van der Waals surface area contributed by atoms with E-state index in [9.17, 15) is 0 Å². The lowest BCUT2D eigenvalue weighted by Crippen LogP contribution is -1.99. The minimum atomic E-state index is 0.304. The van der Waals surface area contributed by atoms with E-state index in [2.05, 4.69) is 115 Å². The largest absolute Gasteiger partial charge is 0.494 e. The zero-order valence-electron chi connectivity index (χ0n) is 21.0. The summed E-state index contributed by atoms with van der Waals surface area (Å²) in [5.41, 5.74) is 7.18. The van der Waals surface area contributed by atoms with Gasteiger partial charge in [0.15, 0.2) is 0 Å². The van der Waals surface area contributed by atoms with Gasteiger partial charge in [0.1, 0.15) is 5.75 Å². The summed E-state index contributed by atoms with van der Waals surface area (Å²) < 4.78 is 6.05. The van der Waals surface area contributed by atoms with Crippen molar-refractivity contribution < 1.29 is 9.84 Å². The van der Waals surface area contributed by atoms with Gasteiger partial charge in [0.2, 0.25) is 0 Å². The van der Waals surface area contributed by atoms with E-state index in [1.807, 2.05) is 0 Å². The molecule has 2 nitrogen and oxygen atoms in total. The van der Waals surface area contributed by atoms with Gasteiger partial charge in [-0.1, -0.05) is 129 Å². The first-order valence-corrected chi connectivity index (χ1v) is 13.1. The van der Waals surface area contributed by atoms with Crippen LogP contribution in [-0.2, 0) is 0 Å². The van der Waals surface area contributed by atoms with Crippen molar-refractivity contribution in [2.45, 2.75) is 38.5 Å². The van der Waals surface area contributed by atoms with E-state index in [1.165, 1.54) is 52.7 Å². The van der Waals surface area contributed by atoms with E-state index in [-0.39, 0.29) is 0 Å². The number of hydrogen-bond acceptors (Lipinski definition) is 2. The number of aliphatic hydroxyl groups excluding tert-OH is 1. The normalized spacial score (nSPS) is 10.7.